The number of hydrogen-bond acceptors (Lipinski definition) is 5. The normalized spacial score (nSPS) is 12.1. The molecule has 1 aromatic heterocycles. The minimum Gasteiger partial charge on any atom is -0.465 e. The first-order valence-electron chi connectivity index (χ1n) is 7.19. The van der Waals surface area contributed by atoms with E-state index in [4.69, 9.17) is 4.74 Å². The Morgan fingerprint density at radius 2 is 2.15 bits per heavy atom. The van der Waals surface area contributed by atoms with Crippen LogP contribution in [0.3, 0.4) is 0 Å². The first-order valence-corrected chi connectivity index (χ1v) is 9.40. The Bertz CT molecular complexity index is 373. The molecule has 112 valence electrons. The molecule has 1 heterocycles. The third-order valence-electron chi connectivity index (χ3n) is 2.76. The summed E-state index contributed by atoms with van der Waals surface area (Å²) in [6.07, 6.45) is 7.34. The lowest BCUT2D eigenvalue weighted by Gasteiger charge is -2.14. The van der Waals surface area contributed by atoms with Gasteiger partial charge in [0.2, 0.25) is 0 Å². The summed E-state index contributed by atoms with van der Waals surface area (Å²) in [5.74, 6) is -0.0996. The van der Waals surface area contributed by atoms with Crippen molar-refractivity contribution in [2.75, 3.05) is 6.61 Å². The average molecular weight is 313 g/mol. The summed E-state index contributed by atoms with van der Waals surface area (Å²) in [5.41, 5.74) is 0. The Labute approximate surface area is 129 Å². The van der Waals surface area contributed by atoms with Gasteiger partial charge in [-0.2, -0.15) is 0 Å². The number of carbonyl (C=O) groups is 1. The number of hydrogen-bond donors (Lipinski definition) is 0. The molecule has 3 nitrogen and oxygen atoms in total. The van der Waals surface area contributed by atoms with Gasteiger partial charge in [-0.3, -0.25) is 4.79 Å². The van der Waals surface area contributed by atoms with Crippen LogP contribution in [0.2, 0.25) is 0 Å². The summed E-state index contributed by atoms with van der Waals surface area (Å²) in [7, 11) is 3.11. The van der Waals surface area contributed by atoms with Crippen molar-refractivity contribution < 1.29 is 9.53 Å². The summed E-state index contributed by atoms with van der Waals surface area (Å²) in [6, 6.07) is 5.80. The molecule has 0 aliphatic carbocycles. The Morgan fingerprint density at radius 1 is 1.30 bits per heavy atom. The zero-order chi connectivity index (χ0) is 14.6. The van der Waals surface area contributed by atoms with E-state index in [2.05, 4.69) is 11.9 Å². The Balaban J connectivity index is 2.42. The van der Waals surface area contributed by atoms with Gasteiger partial charge in [0.15, 0.2) is 0 Å². The molecule has 1 atom stereocenters. The fourth-order valence-corrected chi connectivity index (χ4v) is 4.03. The summed E-state index contributed by atoms with van der Waals surface area (Å²) in [4.78, 5) is 16.2. The SMILES string of the molecule is CCCCCCC(SSc1ccccn1)C(=O)OCC. The molecule has 0 amide bonds. The Morgan fingerprint density at radius 3 is 2.80 bits per heavy atom. The molecule has 0 fully saturated rings. The highest BCUT2D eigenvalue weighted by molar-refractivity contribution is 8.77. The number of pyridine rings is 1. The molecule has 0 saturated carbocycles. The lowest BCUT2D eigenvalue weighted by atomic mass is 10.1. The number of aromatic nitrogens is 1. The largest absolute Gasteiger partial charge is 0.465 e. The number of carbonyl (C=O) groups excluding carboxylic acids is 1. The number of esters is 1. The van der Waals surface area contributed by atoms with Crippen LogP contribution in [0.1, 0.15) is 46.0 Å². The molecule has 0 bridgehead atoms. The summed E-state index contributed by atoms with van der Waals surface area (Å²) in [6.45, 7) is 4.48. The standard InChI is InChI=1S/C15H23NO2S2/c1-3-5-6-7-10-13(15(17)18-4-2)19-20-14-11-8-9-12-16-14/h8-9,11-13H,3-7,10H2,1-2H3. The summed E-state index contributed by atoms with van der Waals surface area (Å²) < 4.78 is 5.16. The second-order valence-corrected chi connectivity index (χ2v) is 6.86. The molecule has 1 rings (SSSR count). The van der Waals surface area contributed by atoms with Gasteiger partial charge in [-0.1, -0.05) is 49.5 Å². The van der Waals surface area contributed by atoms with Gasteiger partial charge in [0.05, 0.1) is 6.61 Å². The summed E-state index contributed by atoms with van der Waals surface area (Å²) >= 11 is 0. The highest BCUT2D eigenvalue weighted by Gasteiger charge is 2.20. The number of unbranched alkanes of at least 4 members (excludes halogenated alkanes) is 3. The van der Waals surface area contributed by atoms with Crippen LogP contribution in [-0.2, 0) is 9.53 Å². The molecular formula is C15H23NO2S2. The van der Waals surface area contributed by atoms with Gasteiger partial charge in [0.25, 0.3) is 0 Å². The van der Waals surface area contributed by atoms with Gasteiger partial charge in [-0.15, -0.1) is 0 Å². The van der Waals surface area contributed by atoms with E-state index in [1.807, 2.05) is 25.1 Å². The van der Waals surface area contributed by atoms with Crippen LogP contribution in [-0.4, -0.2) is 22.8 Å². The van der Waals surface area contributed by atoms with Gasteiger partial charge in [0, 0.05) is 6.20 Å². The highest BCUT2D eigenvalue weighted by Crippen LogP contribution is 2.35. The minimum atomic E-state index is -0.0996. The smallest absolute Gasteiger partial charge is 0.319 e. The Hall–Kier alpha value is -0.680. The molecule has 0 aromatic carbocycles. The van der Waals surface area contributed by atoms with Crippen LogP contribution in [0.25, 0.3) is 0 Å². The molecular weight excluding hydrogens is 290 g/mol. The third kappa shape index (κ3) is 7.20. The zero-order valence-corrected chi connectivity index (χ0v) is 13.8. The lowest BCUT2D eigenvalue weighted by molar-refractivity contribution is -0.142. The lowest BCUT2D eigenvalue weighted by Crippen LogP contribution is -2.19. The van der Waals surface area contributed by atoms with Gasteiger partial charge in [-0.25, -0.2) is 4.98 Å². The van der Waals surface area contributed by atoms with Crippen LogP contribution >= 0.6 is 21.6 Å². The molecule has 0 radical (unpaired) electrons. The highest BCUT2D eigenvalue weighted by atomic mass is 33.1. The van der Waals surface area contributed by atoms with Gasteiger partial charge < -0.3 is 4.74 Å². The molecule has 0 aliphatic rings. The van der Waals surface area contributed by atoms with Crippen LogP contribution in [0, 0.1) is 0 Å². The van der Waals surface area contributed by atoms with Gasteiger partial charge in [0.1, 0.15) is 10.3 Å². The maximum absolute atomic E-state index is 12.0. The van der Waals surface area contributed by atoms with Gasteiger partial charge >= 0.3 is 5.97 Å². The second kappa shape index (κ2) is 11.0. The topological polar surface area (TPSA) is 39.2 Å². The minimum absolute atomic E-state index is 0.0983. The maximum Gasteiger partial charge on any atom is 0.319 e. The predicted molar refractivity (Wildman–Crippen MR) is 86.9 cm³/mol. The molecule has 0 aliphatic heterocycles. The van der Waals surface area contributed by atoms with E-state index in [1.54, 1.807) is 27.8 Å². The summed E-state index contributed by atoms with van der Waals surface area (Å²) in [5, 5.41) is 0.833. The fraction of sp³-hybridized carbons (Fsp3) is 0.600. The van der Waals surface area contributed by atoms with E-state index in [0.717, 1.165) is 17.9 Å². The zero-order valence-electron chi connectivity index (χ0n) is 12.2. The molecule has 0 saturated heterocycles. The van der Waals surface area contributed by atoms with Crippen molar-refractivity contribution in [3.63, 3.8) is 0 Å². The molecule has 5 heteroatoms. The van der Waals surface area contributed by atoms with E-state index in [1.165, 1.54) is 19.3 Å². The molecule has 20 heavy (non-hydrogen) atoms. The van der Waals surface area contributed by atoms with Crippen molar-refractivity contribution in [3.8, 4) is 0 Å². The van der Waals surface area contributed by atoms with E-state index in [-0.39, 0.29) is 11.2 Å². The fourth-order valence-electron chi connectivity index (χ4n) is 1.70. The number of rotatable bonds is 10. The van der Waals surface area contributed by atoms with Crippen molar-refractivity contribution in [3.05, 3.63) is 24.4 Å². The van der Waals surface area contributed by atoms with E-state index < -0.39 is 0 Å². The van der Waals surface area contributed by atoms with Crippen molar-refractivity contribution >= 4 is 27.6 Å². The van der Waals surface area contributed by atoms with Crippen LogP contribution in [0.15, 0.2) is 29.4 Å². The van der Waals surface area contributed by atoms with Crippen molar-refractivity contribution in [1.29, 1.82) is 0 Å². The van der Waals surface area contributed by atoms with Crippen LogP contribution in [0.4, 0.5) is 0 Å². The van der Waals surface area contributed by atoms with Crippen LogP contribution in [0.5, 0.6) is 0 Å². The molecule has 1 unspecified atom stereocenters. The molecule has 1 aromatic rings. The number of ether oxygens (including phenoxy) is 1. The van der Waals surface area contributed by atoms with Crippen LogP contribution < -0.4 is 0 Å². The van der Waals surface area contributed by atoms with Crippen molar-refractivity contribution in [2.24, 2.45) is 0 Å². The molecule has 0 N–H and O–H groups in total. The quantitative estimate of drug-likeness (QED) is 0.355. The maximum atomic E-state index is 12.0. The van der Waals surface area contributed by atoms with E-state index in [0.29, 0.717) is 6.61 Å². The van der Waals surface area contributed by atoms with Crippen molar-refractivity contribution in [1.82, 2.24) is 4.98 Å². The van der Waals surface area contributed by atoms with Gasteiger partial charge in [-0.05, 0) is 36.3 Å². The monoisotopic (exact) mass is 313 g/mol. The van der Waals surface area contributed by atoms with E-state index in [9.17, 15) is 4.79 Å². The van der Waals surface area contributed by atoms with Crippen molar-refractivity contribution in [2.45, 2.75) is 56.2 Å². The first kappa shape index (κ1) is 17.4. The Kier molecular flexibility index (Phi) is 9.58. The second-order valence-electron chi connectivity index (χ2n) is 4.44. The molecule has 0 spiro atoms. The average Bonchev–Trinajstić information content (AvgIpc) is 2.47. The predicted octanol–water partition coefficient (Wildman–Crippen LogP) is 4.72. The third-order valence-corrected chi connectivity index (χ3v) is 5.42. The van der Waals surface area contributed by atoms with E-state index >= 15 is 0 Å². The number of nitrogens with zero attached hydrogens (tertiary/aromatic N) is 1. The first-order chi connectivity index (χ1) is 9.77.